The summed E-state index contributed by atoms with van der Waals surface area (Å²) in [5, 5.41) is 3.47. The maximum Gasteiger partial charge on any atom is 0.137 e. The first kappa shape index (κ1) is 14.7. The highest BCUT2D eigenvalue weighted by molar-refractivity contribution is 9.10. The second-order valence-electron chi connectivity index (χ2n) is 4.78. The van der Waals surface area contributed by atoms with Crippen LogP contribution in [0.1, 0.15) is 39.2 Å². The average molecular weight is 302 g/mol. The molecule has 0 aliphatic carbocycles. The fourth-order valence-corrected chi connectivity index (χ4v) is 2.22. The first-order chi connectivity index (χ1) is 8.02. The summed E-state index contributed by atoms with van der Waals surface area (Å²) < 4.78 is 13.6. The summed E-state index contributed by atoms with van der Waals surface area (Å²) in [6.07, 6.45) is 2.40. The van der Waals surface area contributed by atoms with Gasteiger partial charge >= 0.3 is 0 Å². The van der Waals surface area contributed by atoms with E-state index in [4.69, 9.17) is 0 Å². The number of benzene rings is 1. The van der Waals surface area contributed by atoms with E-state index in [1.807, 2.05) is 12.1 Å². The lowest BCUT2D eigenvalue weighted by molar-refractivity contribution is 0.412. The molecule has 0 saturated heterocycles. The molecule has 0 heterocycles. The van der Waals surface area contributed by atoms with Crippen molar-refractivity contribution >= 4 is 15.9 Å². The van der Waals surface area contributed by atoms with Crippen LogP contribution in [0.4, 0.5) is 4.39 Å². The predicted octanol–water partition coefficient (Wildman–Crippen LogP) is 4.50. The molecule has 0 amide bonds. The van der Waals surface area contributed by atoms with Crippen molar-refractivity contribution in [1.29, 1.82) is 0 Å². The topological polar surface area (TPSA) is 12.0 Å². The third-order valence-electron chi connectivity index (χ3n) is 3.09. The van der Waals surface area contributed by atoms with Crippen LogP contribution in [-0.2, 0) is 6.54 Å². The maximum atomic E-state index is 13.0. The van der Waals surface area contributed by atoms with Crippen molar-refractivity contribution in [2.24, 2.45) is 5.92 Å². The van der Waals surface area contributed by atoms with Crippen molar-refractivity contribution in [3.05, 3.63) is 34.1 Å². The van der Waals surface area contributed by atoms with Gasteiger partial charge in [-0.05, 0) is 52.9 Å². The molecule has 1 N–H and O–H groups in total. The van der Waals surface area contributed by atoms with E-state index in [1.54, 1.807) is 0 Å². The highest BCUT2D eigenvalue weighted by Gasteiger charge is 2.07. The smallest absolute Gasteiger partial charge is 0.137 e. The van der Waals surface area contributed by atoms with Gasteiger partial charge in [0.05, 0.1) is 4.47 Å². The van der Waals surface area contributed by atoms with Gasteiger partial charge in [0.2, 0.25) is 0 Å². The Hall–Kier alpha value is -0.410. The molecule has 96 valence electrons. The first-order valence-corrected chi connectivity index (χ1v) is 6.99. The fraction of sp³-hybridized carbons (Fsp3) is 0.571. The number of hydrogen-bond acceptors (Lipinski definition) is 1. The quantitative estimate of drug-likeness (QED) is 0.815. The molecule has 1 aromatic rings. The first-order valence-electron chi connectivity index (χ1n) is 6.20. The number of hydrogen-bond donors (Lipinski definition) is 1. The predicted molar refractivity (Wildman–Crippen MR) is 74.5 cm³/mol. The largest absolute Gasteiger partial charge is 0.310 e. The van der Waals surface area contributed by atoms with Gasteiger partial charge in [-0.3, -0.25) is 0 Å². The molecule has 1 aromatic carbocycles. The molecule has 3 heteroatoms. The monoisotopic (exact) mass is 301 g/mol. The van der Waals surface area contributed by atoms with Crippen molar-refractivity contribution in [2.75, 3.05) is 0 Å². The normalized spacial score (nSPS) is 14.6. The minimum Gasteiger partial charge on any atom is -0.310 e. The molecule has 1 rings (SSSR count). The van der Waals surface area contributed by atoms with Crippen LogP contribution in [0.25, 0.3) is 0 Å². The Morgan fingerprint density at radius 3 is 2.65 bits per heavy atom. The third kappa shape index (κ3) is 5.17. The molecule has 0 aliphatic heterocycles. The average Bonchev–Trinajstić information content (AvgIpc) is 2.30. The lowest BCUT2D eigenvalue weighted by Crippen LogP contribution is -2.27. The van der Waals surface area contributed by atoms with Gasteiger partial charge in [-0.1, -0.05) is 26.3 Å². The van der Waals surface area contributed by atoms with Crippen molar-refractivity contribution in [3.8, 4) is 0 Å². The van der Waals surface area contributed by atoms with Gasteiger partial charge in [-0.15, -0.1) is 0 Å². The zero-order chi connectivity index (χ0) is 12.8. The van der Waals surface area contributed by atoms with E-state index in [9.17, 15) is 4.39 Å². The zero-order valence-electron chi connectivity index (χ0n) is 10.8. The van der Waals surface area contributed by atoms with Crippen LogP contribution >= 0.6 is 15.9 Å². The van der Waals surface area contributed by atoms with Crippen molar-refractivity contribution in [2.45, 2.75) is 46.2 Å². The Morgan fingerprint density at radius 2 is 2.06 bits per heavy atom. The van der Waals surface area contributed by atoms with Gasteiger partial charge < -0.3 is 5.32 Å². The number of halogens is 2. The molecule has 1 nitrogen and oxygen atoms in total. The summed E-state index contributed by atoms with van der Waals surface area (Å²) >= 11 is 3.20. The number of nitrogens with one attached hydrogen (secondary N) is 1. The van der Waals surface area contributed by atoms with E-state index >= 15 is 0 Å². The second kappa shape index (κ2) is 7.12. The molecule has 0 aromatic heterocycles. The van der Waals surface area contributed by atoms with E-state index in [-0.39, 0.29) is 5.82 Å². The summed E-state index contributed by atoms with van der Waals surface area (Å²) in [7, 11) is 0. The van der Waals surface area contributed by atoms with Gasteiger partial charge in [-0.25, -0.2) is 4.39 Å². The SMILES string of the molecule is CCC(C)CC(C)NCc1ccc(F)c(Br)c1. The fourth-order valence-electron chi connectivity index (χ4n) is 1.80. The summed E-state index contributed by atoms with van der Waals surface area (Å²) in [5.41, 5.74) is 1.11. The Kier molecular flexibility index (Phi) is 6.14. The van der Waals surface area contributed by atoms with E-state index in [0.29, 0.717) is 10.5 Å². The zero-order valence-corrected chi connectivity index (χ0v) is 12.3. The number of rotatable bonds is 6. The lowest BCUT2D eigenvalue weighted by atomic mass is 10.0. The van der Waals surface area contributed by atoms with Crippen LogP contribution in [0.2, 0.25) is 0 Å². The second-order valence-corrected chi connectivity index (χ2v) is 5.63. The van der Waals surface area contributed by atoms with E-state index in [2.05, 4.69) is 42.0 Å². The van der Waals surface area contributed by atoms with Gasteiger partial charge in [0.15, 0.2) is 0 Å². The van der Waals surface area contributed by atoms with Gasteiger partial charge in [-0.2, -0.15) is 0 Å². The van der Waals surface area contributed by atoms with Crippen LogP contribution in [-0.4, -0.2) is 6.04 Å². The molecular formula is C14H21BrFN. The van der Waals surface area contributed by atoms with Crippen LogP contribution < -0.4 is 5.32 Å². The van der Waals surface area contributed by atoms with Crippen molar-refractivity contribution in [1.82, 2.24) is 5.32 Å². The molecule has 17 heavy (non-hydrogen) atoms. The summed E-state index contributed by atoms with van der Waals surface area (Å²) in [6, 6.07) is 5.65. The Morgan fingerprint density at radius 1 is 1.35 bits per heavy atom. The lowest BCUT2D eigenvalue weighted by Gasteiger charge is -2.17. The van der Waals surface area contributed by atoms with Gasteiger partial charge in [0.25, 0.3) is 0 Å². The standard InChI is InChI=1S/C14H21BrFN/c1-4-10(2)7-11(3)17-9-12-5-6-14(16)13(15)8-12/h5-6,8,10-11,17H,4,7,9H2,1-3H3. The molecule has 0 radical (unpaired) electrons. The van der Waals surface area contributed by atoms with Gasteiger partial charge in [0.1, 0.15) is 5.82 Å². The van der Waals surface area contributed by atoms with Crippen LogP contribution in [0.3, 0.4) is 0 Å². The summed E-state index contributed by atoms with van der Waals surface area (Å²) in [5.74, 6) is 0.541. The minimum absolute atomic E-state index is 0.207. The molecule has 0 bridgehead atoms. The van der Waals surface area contributed by atoms with Crippen molar-refractivity contribution < 1.29 is 4.39 Å². The Bertz CT molecular complexity index is 354. The highest BCUT2D eigenvalue weighted by atomic mass is 79.9. The van der Waals surface area contributed by atoms with Crippen LogP contribution in [0.5, 0.6) is 0 Å². The minimum atomic E-state index is -0.207. The highest BCUT2D eigenvalue weighted by Crippen LogP contribution is 2.17. The maximum absolute atomic E-state index is 13.0. The van der Waals surface area contributed by atoms with E-state index in [0.717, 1.165) is 18.0 Å². The summed E-state index contributed by atoms with van der Waals surface area (Å²) in [4.78, 5) is 0. The van der Waals surface area contributed by atoms with Gasteiger partial charge in [0, 0.05) is 12.6 Å². The Balaban J connectivity index is 2.42. The molecule has 0 fully saturated rings. The molecule has 2 unspecified atom stereocenters. The van der Waals surface area contributed by atoms with Crippen molar-refractivity contribution in [3.63, 3.8) is 0 Å². The molecular weight excluding hydrogens is 281 g/mol. The van der Waals surface area contributed by atoms with Crippen LogP contribution in [0.15, 0.2) is 22.7 Å². The molecule has 0 spiro atoms. The van der Waals surface area contributed by atoms with E-state index in [1.165, 1.54) is 18.9 Å². The molecule has 0 saturated carbocycles. The molecule has 2 atom stereocenters. The Labute approximate surface area is 112 Å². The van der Waals surface area contributed by atoms with E-state index < -0.39 is 0 Å². The van der Waals surface area contributed by atoms with Crippen LogP contribution in [0, 0.1) is 11.7 Å². The molecule has 0 aliphatic rings. The third-order valence-corrected chi connectivity index (χ3v) is 3.70. The summed E-state index contributed by atoms with van der Waals surface area (Å²) in [6.45, 7) is 7.47.